The van der Waals surface area contributed by atoms with E-state index < -0.39 is 11.9 Å². The SMILES string of the molecule is CCc1c(C)sc(NC(=O)c2ccc(C(=O)N(CC)CC)cc2)c1C(=O)O. The molecule has 2 amide bonds. The highest BCUT2D eigenvalue weighted by Crippen LogP contribution is 2.33. The average molecular weight is 388 g/mol. The minimum atomic E-state index is -1.05. The first kappa shape index (κ1) is 20.6. The molecule has 0 saturated carbocycles. The van der Waals surface area contributed by atoms with E-state index in [0.717, 1.165) is 10.4 Å². The smallest absolute Gasteiger partial charge is 0.339 e. The number of rotatable bonds is 7. The van der Waals surface area contributed by atoms with Crippen LogP contribution in [-0.2, 0) is 6.42 Å². The van der Waals surface area contributed by atoms with Crippen molar-refractivity contribution in [2.75, 3.05) is 18.4 Å². The fraction of sp³-hybridized carbons (Fsp3) is 0.350. The predicted octanol–water partition coefficient (Wildman–Crippen LogP) is 4.05. The van der Waals surface area contributed by atoms with E-state index in [4.69, 9.17) is 0 Å². The van der Waals surface area contributed by atoms with Crippen LogP contribution in [0.15, 0.2) is 24.3 Å². The number of carboxylic acid groups (broad SMARTS) is 1. The van der Waals surface area contributed by atoms with Crippen molar-refractivity contribution in [1.29, 1.82) is 0 Å². The highest BCUT2D eigenvalue weighted by Gasteiger charge is 2.22. The second kappa shape index (κ2) is 8.81. The normalized spacial score (nSPS) is 10.5. The van der Waals surface area contributed by atoms with Crippen molar-refractivity contribution in [3.05, 3.63) is 51.4 Å². The molecule has 144 valence electrons. The Morgan fingerprint density at radius 3 is 2.07 bits per heavy atom. The van der Waals surface area contributed by atoms with Crippen LogP contribution in [-0.4, -0.2) is 40.9 Å². The third-order valence-electron chi connectivity index (χ3n) is 4.45. The zero-order valence-corrected chi connectivity index (χ0v) is 16.8. The van der Waals surface area contributed by atoms with E-state index in [2.05, 4.69) is 5.32 Å². The first-order valence-corrected chi connectivity index (χ1v) is 9.71. The van der Waals surface area contributed by atoms with Crippen molar-refractivity contribution in [1.82, 2.24) is 4.90 Å². The number of anilines is 1. The van der Waals surface area contributed by atoms with Crippen LogP contribution in [0, 0.1) is 6.92 Å². The molecule has 0 saturated heterocycles. The molecule has 0 atom stereocenters. The van der Waals surface area contributed by atoms with Crippen LogP contribution in [0.5, 0.6) is 0 Å². The number of thiophene rings is 1. The number of hydrogen-bond acceptors (Lipinski definition) is 4. The van der Waals surface area contributed by atoms with Gasteiger partial charge in [0.15, 0.2) is 0 Å². The van der Waals surface area contributed by atoms with E-state index in [1.165, 1.54) is 11.3 Å². The predicted molar refractivity (Wildman–Crippen MR) is 107 cm³/mol. The number of hydrogen-bond donors (Lipinski definition) is 2. The number of benzene rings is 1. The minimum Gasteiger partial charge on any atom is -0.478 e. The van der Waals surface area contributed by atoms with Gasteiger partial charge < -0.3 is 15.3 Å². The Bertz CT molecular complexity index is 852. The number of aromatic carboxylic acids is 1. The molecule has 0 unspecified atom stereocenters. The van der Waals surface area contributed by atoms with Crippen molar-refractivity contribution in [3.63, 3.8) is 0 Å². The monoisotopic (exact) mass is 388 g/mol. The molecule has 27 heavy (non-hydrogen) atoms. The van der Waals surface area contributed by atoms with Gasteiger partial charge in [0.25, 0.3) is 11.8 Å². The fourth-order valence-electron chi connectivity index (χ4n) is 2.95. The number of amides is 2. The molecule has 6 nitrogen and oxygen atoms in total. The lowest BCUT2D eigenvalue weighted by Gasteiger charge is -2.18. The Morgan fingerprint density at radius 2 is 1.59 bits per heavy atom. The number of nitrogens with zero attached hydrogens (tertiary/aromatic N) is 1. The maximum absolute atomic E-state index is 12.5. The fourth-order valence-corrected chi connectivity index (χ4v) is 4.08. The largest absolute Gasteiger partial charge is 0.478 e. The summed E-state index contributed by atoms with van der Waals surface area (Å²) in [5, 5.41) is 12.5. The van der Waals surface area contributed by atoms with E-state index in [-0.39, 0.29) is 11.5 Å². The van der Waals surface area contributed by atoms with E-state index in [1.807, 2.05) is 27.7 Å². The second-order valence-corrected chi connectivity index (χ2v) is 7.23. The van der Waals surface area contributed by atoms with Gasteiger partial charge in [0.1, 0.15) is 5.00 Å². The standard InChI is InChI=1S/C20H24N2O4S/c1-5-15-12(4)27-18(16(15)20(25)26)21-17(23)13-8-10-14(11-9-13)19(24)22(6-2)7-3/h8-11H,5-7H2,1-4H3,(H,21,23)(H,25,26). The third-order valence-corrected chi connectivity index (χ3v) is 5.51. The Labute approximate surface area is 162 Å². The van der Waals surface area contributed by atoms with Gasteiger partial charge in [-0.15, -0.1) is 11.3 Å². The maximum atomic E-state index is 12.5. The highest BCUT2D eigenvalue weighted by atomic mass is 32.1. The van der Waals surface area contributed by atoms with Crippen LogP contribution in [0.25, 0.3) is 0 Å². The summed E-state index contributed by atoms with van der Waals surface area (Å²) in [6, 6.07) is 6.39. The number of carbonyl (C=O) groups is 3. The zero-order chi connectivity index (χ0) is 20.1. The van der Waals surface area contributed by atoms with E-state index in [9.17, 15) is 19.5 Å². The number of nitrogens with one attached hydrogen (secondary N) is 1. The van der Waals surface area contributed by atoms with E-state index in [0.29, 0.717) is 35.6 Å². The molecular formula is C20H24N2O4S. The molecule has 1 heterocycles. The molecule has 2 N–H and O–H groups in total. The molecule has 0 aliphatic heterocycles. The van der Waals surface area contributed by atoms with Gasteiger partial charge in [0.2, 0.25) is 0 Å². The van der Waals surface area contributed by atoms with E-state index >= 15 is 0 Å². The van der Waals surface area contributed by atoms with Crippen molar-refractivity contribution in [3.8, 4) is 0 Å². The van der Waals surface area contributed by atoms with Gasteiger partial charge in [-0.2, -0.15) is 0 Å². The van der Waals surface area contributed by atoms with Crippen molar-refractivity contribution < 1.29 is 19.5 Å². The first-order valence-electron chi connectivity index (χ1n) is 8.90. The summed E-state index contributed by atoms with van der Waals surface area (Å²) >= 11 is 1.26. The van der Waals surface area contributed by atoms with Gasteiger partial charge in [-0.1, -0.05) is 6.92 Å². The Kier molecular flexibility index (Phi) is 6.74. The van der Waals surface area contributed by atoms with Crippen molar-refractivity contribution in [2.24, 2.45) is 0 Å². The lowest BCUT2D eigenvalue weighted by Crippen LogP contribution is -2.30. The molecule has 0 aliphatic rings. The summed E-state index contributed by atoms with van der Waals surface area (Å²) in [6.07, 6.45) is 0.585. The molecule has 0 aliphatic carbocycles. The molecule has 0 spiro atoms. The maximum Gasteiger partial charge on any atom is 0.339 e. The summed E-state index contributed by atoms with van der Waals surface area (Å²) in [5.74, 6) is -1.53. The van der Waals surface area contributed by atoms with Crippen LogP contribution < -0.4 is 5.32 Å². The van der Waals surface area contributed by atoms with Crippen molar-refractivity contribution in [2.45, 2.75) is 34.1 Å². The van der Waals surface area contributed by atoms with Gasteiger partial charge in [0.05, 0.1) is 5.56 Å². The molecule has 2 aromatic rings. The van der Waals surface area contributed by atoms with Crippen LogP contribution in [0.2, 0.25) is 0 Å². The second-order valence-electron chi connectivity index (χ2n) is 6.01. The van der Waals surface area contributed by atoms with Crippen molar-refractivity contribution >= 4 is 34.1 Å². The van der Waals surface area contributed by atoms with Crippen LogP contribution >= 0.6 is 11.3 Å². The van der Waals surface area contributed by atoms with Gasteiger partial charge >= 0.3 is 5.97 Å². The average Bonchev–Trinajstić information content (AvgIpc) is 2.97. The molecular weight excluding hydrogens is 364 g/mol. The Balaban J connectivity index is 2.23. The van der Waals surface area contributed by atoms with Crippen LogP contribution in [0.3, 0.4) is 0 Å². The van der Waals surface area contributed by atoms with Gasteiger partial charge in [-0.25, -0.2) is 4.79 Å². The van der Waals surface area contributed by atoms with Crippen LogP contribution in [0.1, 0.15) is 62.3 Å². The Hall–Kier alpha value is -2.67. The quantitative estimate of drug-likeness (QED) is 0.749. The number of carboxylic acids is 1. The summed E-state index contributed by atoms with van der Waals surface area (Å²) in [5.41, 5.74) is 1.78. The van der Waals surface area contributed by atoms with Crippen LogP contribution in [0.4, 0.5) is 5.00 Å². The topological polar surface area (TPSA) is 86.7 Å². The number of carbonyl (C=O) groups excluding carboxylic acids is 2. The van der Waals surface area contributed by atoms with Gasteiger partial charge in [-0.05, 0) is 57.0 Å². The molecule has 1 aromatic heterocycles. The number of aryl methyl sites for hydroxylation is 1. The molecule has 7 heteroatoms. The zero-order valence-electron chi connectivity index (χ0n) is 16.0. The lowest BCUT2D eigenvalue weighted by molar-refractivity contribution is 0.0696. The van der Waals surface area contributed by atoms with Gasteiger partial charge in [-0.3, -0.25) is 9.59 Å². The molecule has 0 radical (unpaired) electrons. The summed E-state index contributed by atoms with van der Waals surface area (Å²) in [6.45, 7) is 8.80. The summed E-state index contributed by atoms with van der Waals surface area (Å²) < 4.78 is 0. The minimum absolute atomic E-state index is 0.0819. The molecule has 0 bridgehead atoms. The van der Waals surface area contributed by atoms with E-state index in [1.54, 1.807) is 29.2 Å². The first-order chi connectivity index (χ1) is 12.8. The lowest BCUT2D eigenvalue weighted by atomic mass is 10.1. The molecule has 1 aromatic carbocycles. The summed E-state index contributed by atoms with van der Waals surface area (Å²) in [7, 11) is 0. The summed E-state index contributed by atoms with van der Waals surface area (Å²) in [4.78, 5) is 39.0. The molecule has 2 rings (SSSR count). The highest BCUT2D eigenvalue weighted by molar-refractivity contribution is 7.16. The third kappa shape index (κ3) is 4.36. The van der Waals surface area contributed by atoms with Gasteiger partial charge in [0, 0.05) is 29.1 Å². The molecule has 0 fully saturated rings. The Morgan fingerprint density at radius 1 is 1.04 bits per heavy atom.